The lowest BCUT2D eigenvalue weighted by Gasteiger charge is -2.05. The highest BCUT2D eigenvalue weighted by atomic mass is 16.4. The van der Waals surface area contributed by atoms with Crippen molar-refractivity contribution in [2.24, 2.45) is 5.73 Å². The summed E-state index contributed by atoms with van der Waals surface area (Å²) < 4.78 is 0. The number of carboxylic acid groups (broad SMARTS) is 1. The van der Waals surface area contributed by atoms with Gasteiger partial charge in [0.1, 0.15) is 6.04 Å². The minimum absolute atomic E-state index is 0.209. The molecule has 0 aliphatic carbocycles. The Morgan fingerprint density at radius 2 is 1.80 bits per heavy atom. The van der Waals surface area contributed by atoms with Crippen molar-refractivity contribution in [2.45, 2.75) is 12.5 Å². The van der Waals surface area contributed by atoms with Gasteiger partial charge in [-0.05, 0) is 24.3 Å². The topological polar surface area (TPSA) is 106 Å². The third-order valence-electron chi connectivity index (χ3n) is 1.96. The maximum absolute atomic E-state index is 11.5. The molecule has 5 heteroatoms. The molecule has 0 aromatic heterocycles. The van der Waals surface area contributed by atoms with Crippen molar-refractivity contribution in [3.05, 3.63) is 29.8 Å². The Morgan fingerprint density at radius 1 is 1.27 bits per heavy atom. The summed E-state index contributed by atoms with van der Waals surface area (Å²) in [5.74, 6) is -1.48. The van der Waals surface area contributed by atoms with Crippen molar-refractivity contribution in [3.63, 3.8) is 0 Å². The van der Waals surface area contributed by atoms with Gasteiger partial charge in [-0.15, -0.1) is 0 Å². The highest BCUT2D eigenvalue weighted by molar-refractivity contribution is 5.98. The lowest BCUT2D eigenvalue weighted by Crippen LogP contribution is -2.32. The van der Waals surface area contributed by atoms with Crippen LogP contribution in [0.1, 0.15) is 16.8 Å². The Balaban J connectivity index is 2.69. The Bertz CT molecular complexity index is 373. The zero-order valence-corrected chi connectivity index (χ0v) is 8.01. The number of hydrogen-bond acceptors (Lipinski definition) is 4. The molecule has 0 amide bonds. The minimum Gasteiger partial charge on any atom is -0.480 e. The molecule has 0 bridgehead atoms. The molecule has 5 N–H and O–H groups in total. The van der Waals surface area contributed by atoms with E-state index >= 15 is 0 Å². The van der Waals surface area contributed by atoms with E-state index in [9.17, 15) is 9.59 Å². The predicted molar refractivity (Wildman–Crippen MR) is 55.4 cm³/mol. The molecule has 80 valence electrons. The quantitative estimate of drug-likeness (QED) is 0.486. The Morgan fingerprint density at radius 3 is 2.27 bits per heavy atom. The molecule has 0 saturated carbocycles. The normalized spacial score (nSPS) is 12.1. The summed E-state index contributed by atoms with van der Waals surface area (Å²) >= 11 is 0. The predicted octanol–water partition coefficient (Wildman–Crippen LogP) is 0.253. The molecular weight excluding hydrogens is 196 g/mol. The molecule has 0 saturated heterocycles. The zero-order chi connectivity index (χ0) is 11.4. The number of anilines is 1. The molecule has 15 heavy (non-hydrogen) atoms. The average Bonchev–Trinajstić information content (AvgIpc) is 2.18. The summed E-state index contributed by atoms with van der Waals surface area (Å²) in [5, 5.41) is 8.52. The number of carbonyl (C=O) groups is 2. The molecule has 1 rings (SSSR count). The van der Waals surface area contributed by atoms with Crippen LogP contribution in [0.2, 0.25) is 0 Å². The van der Waals surface area contributed by atoms with Gasteiger partial charge < -0.3 is 16.6 Å². The third kappa shape index (κ3) is 3.07. The van der Waals surface area contributed by atoms with Crippen LogP contribution in [0.3, 0.4) is 0 Å². The summed E-state index contributed by atoms with van der Waals surface area (Å²) in [6, 6.07) is 5.10. The maximum Gasteiger partial charge on any atom is 0.320 e. The molecule has 0 spiro atoms. The number of aliphatic carboxylic acids is 1. The van der Waals surface area contributed by atoms with Crippen LogP contribution in [0.15, 0.2) is 24.3 Å². The van der Waals surface area contributed by atoms with Crippen molar-refractivity contribution in [1.29, 1.82) is 0 Å². The molecule has 0 aliphatic heterocycles. The molecule has 1 aromatic rings. The van der Waals surface area contributed by atoms with Gasteiger partial charge in [-0.3, -0.25) is 9.59 Å². The molecule has 0 unspecified atom stereocenters. The third-order valence-corrected chi connectivity index (χ3v) is 1.96. The minimum atomic E-state index is -1.18. The summed E-state index contributed by atoms with van der Waals surface area (Å²) in [7, 11) is 0. The summed E-state index contributed by atoms with van der Waals surface area (Å²) in [4.78, 5) is 21.9. The zero-order valence-electron chi connectivity index (χ0n) is 8.01. The van der Waals surface area contributed by atoms with Gasteiger partial charge in [0, 0.05) is 17.7 Å². The molecule has 5 nitrogen and oxygen atoms in total. The smallest absolute Gasteiger partial charge is 0.320 e. The van der Waals surface area contributed by atoms with E-state index in [4.69, 9.17) is 16.6 Å². The van der Waals surface area contributed by atoms with Crippen molar-refractivity contribution in [3.8, 4) is 0 Å². The highest BCUT2D eigenvalue weighted by Gasteiger charge is 2.17. The van der Waals surface area contributed by atoms with Crippen molar-refractivity contribution < 1.29 is 14.7 Å². The van der Waals surface area contributed by atoms with E-state index in [-0.39, 0.29) is 12.2 Å². The first-order chi connectivity index (χ1) is 7.00. The number of benzene rings is 1. The van der Waals surface area contributed by atoms with Gasteiger partial charge in [0.15, 0.2) is 5.78 Å². The van der Waals surface area contributed by atoms with Crippen LogP contribution in [0, 0.1) is 0 Å². The number of ketones is 1. The van der Waals surface area contributed by atoms with Gasteiger partial charge in [0.05, 0.1) is 0 Å². The standard InChI is InChI=1S/C10H12N2O3/c11-7-3-1-6(2-4-7)9(13)5-8(12)10(14)15/h1-4,8H,5,11-12H2,(H,14,15)/t8-/m1/s1. The monoisotopic (exact) mass is 208 g/mol. The second-order valence-electron chi connectivity index (χ2n) is 3.19. The lowest BCUT2D eigenvalue weighted by atomic mass is 10.0. The van der Waals surface area contributed by atoms with Gasteiger partial charge in [0.25, 0.3) is 0 Å². The summed E-state index contributed by atoms with van der Waals surface area (Å²) in [6.07, 6.45) is -0.209. The van der Waals surface area contributed by atoms with E-state index in [1.807, 2.05) is 0 Å². The highest BCUT2D eigenvalue weighted by Crippen LogP contribution is 2.08. The maximum atomic E-state index is 11.5. The van der Waals surface area contributed by atoms with Crippen LogP contribution < -0.4 is 11.5 Å². The number of carbonyl (C=O) groups excluding carboxylic acids is 1. The van der Waals surface area contributed by atoms with Gasteiger partial charge in [-0.1, -0.05) is 0 Å². The summed E-state index contributed by atoms with van der Waals surface area (Å²) in [6.45, 7) is 0. The number of rotatable bonds is 4. The Labute approximate surface area is 86.7 Å². The summed E-state index contributed by atoms with van der Waals surface area (Å²) in [5.41, 5.74) is 11.7. The molecule has 1 atom stereocenters. The molecular formula is C10H12N2O3. The largest absolute Gasteiger partial charge is 0.480 e. The first kappa shape index (κ1) is 11.2. The number of Topliss-reactive ketones (excluding diaryl/α,β-unsaturated/α-hetero) is 1. The van der Waals surface area contributed by atoms with Crippen molar-refractivity contribution in [1.82, 2.24) is 0 Å². The first-order valence-corrected chi connectivity index (χ1v) is 4.38. The van der Waals surface area contributed by atoms with Gasteiger partial charge >= 0.3 is 5.97 Å². The van der Waals surface area contributed by atoms with Crippen LogP contribution in [0.5, 0.6) is 0 Å². The fourth-order valence-electron chi connectivity index (χ4n) is 1.07. The second-order valence-corrected chi connectivity index (χ2v) is 3.19. The average molecular weight is 208 g/mol. The number of hydrogen-bond donors (Lipinski definition) is 3. The van der Waals surface area contributed by atoms with Crippen LogP contribution >= 0.6 is 0 Å². The lowest BCUT2D eigenvalue weighted by molar-refractivity contribution is -0.138. The fourth-order valence-corrected chi connectivity index (χ4v) is 1.07. The van der Waals surface area contributed by atoms with Crippen LogP contribution in [-0.2, 0) is 4.79 Å². The van der Waals surface area contributed by atoms with Crippen LogP contribution in [0.25, 0.3) is 0 Å². The number of nitrogens with two attached hydrogens (primary N) is 2. The van der Waals surface area contributed by atoms with Crippen molar-refractivity contribution >= 4 is 17.4 Å². The van der Waals surface area contributed by atoms with Gasteiger partial charge in [-0.2, -0.15) is 0 Å². The van der Waals surface area contributed by atoms with E-state index in [1.54, 1.807) is 24.3 Å². The molecule has 0 aliphatic rings. The van der Waals surface area contributed by atoms with Crippen LogP contribution in [-0.4, -0.2) is 22.9 Å². The van der Waals surface area contributed by atoms with E-state index in [1.165, 1.54) is 0 Å². The Kier molecular flexibility index (Phi) is 3.41. The fraction of sp³-hybridized carbons (Fsp3) is 0.200. The van der Waals surface area contributed by atoms with Gasteiger partial charge in [-0.25, -0.2) is 0 Å². The van der Waals surface area contributed by atoms with E-state index in [0.717, 1.165) is 0 Å². The second kappa shape index (κ2) is 4.56. The van der Waals surface area contributed by atoms with Crippen molar-refractivity contribution in [2.75, 3.05) is 5.73 Å². The molecule has 0 heterocycles. The first-order valence-electron chi connectivity index (χ1n) is 4.38. The number of nitrogen functional groups attached to an aromatic ring is 1. The van der Waals surface area contributed by atoms with Gasteiger partial charge in [0.2, 0.25) is 0 Å². The molecule has 0 fully saturated rings. The van der Waals surface area contributed by atoms with E-state index in [0.29, 0.717) is 11.3 Å². The van der Waals surface area contributed by atoms with Crippen LogP contribution in [0.4, 0.5) is 5.69 Å². The Hall–Kier alpha value is -1.88. The van der Waals surface area contributed by atoms with E-state index < -0.39 is 12.0 Å². The van der Waals surface area contributed by atoms with E-state index in [2.05, 4.69) is 0 Å². The molecule has 0 radical (unpaired) electrons. The molecule has 1 aromatic carbocycles. The SMILES string of the molecule is Nc1ccc(C(=O)C[C@@H](N)C(=O)O)cc1. The number of carboxylic acids is 1.